The van der Waals surface area contributed by atoms with Crippen molar-refractivity contribution in [2.24, 2.45) is 5.92 Å². The molecule has 9 nitrogen and oxygen atoms in total. The van der Waals surface area contributed by atoms with Gasteiger partial charge in [-0.2, -0.15) is 0 Å². The maximum absolute atomic E-state index is 12.2. The zero-order valence-corrected chi connectivity index (χ0v) is 21.4. The van der Waals surface area contributed by atoms with Gasteiger partial charge in [0.15, 0.2) is 6.29 Å². The summed E-state index contributed by atoms with van der Waals surface area (Å²) < 4.78 is 12.2. The van der Waals surface area contributed by atoms with Crippen molar-refractivity contribution in [3.63, 3.8) is 0 Å². The van der Waals surface area contributed by atoms with E-state index < -0.39 is 24.4 Å². The fourth-order valence-corrected chi connectivity index (χ4v) is 4.32. The molecule has 4 unspecified atom stereocenters. The van der Waals surface area contributed by atoms with Crippen molar-refractivity contribution in [3.8, 4) is 5.75 Å². The van der Waals surface area contributed by atoms with E-state index in [1.165, 1.54) is 0 Å². The molecule has 1 amide bonds. The first-order valence-electron chi connectivity index (χ1n) is 11.3. The summed E-state index contributed by atoms with van der Waals surface area (Å²) >= 11 is 12.1. The van der Waals surface area contributed by atoms with Crippen molar-refractivity contribution in [3.05, 3.63) is 63.8 Å². The van der Waals surface area contributed by atoms with Gasteiger partial charge in [0.25, 0.3) is 5.91 Å². The number of aliphatic hydroxyl groups is 4. The molecule has 0 saturated carbocycles. The largest absolute Gasteiger partial charge is 0.497 e. The summed E-state index contributed by atoms with van der Waals surface area (Å²) in [4.78, 5) is 12.2. The number of aromatic nitrogens is 1. The number of aliphatic hydroxyl groups excluding tert-OH is 4. The number of nitrogens with zero attached hydrogens (tertiary/aromatic N) is 1. The molecular weight excluding hydrogens is 511 g/mol. The lowest BCUT2D eigenvalue weighted by atomic mass is 9.94. The van der Waals surface area contributed by atoms with Gasteiger partial charge in [-0.1, -0.05) is 29.3 Å². The second-order valence-corrected chi connectivity index (χ2v) is 9.18. The summed E-state index contributed by atoms with van der Waals surface area (Å²) in [6.07, 6.45) is -0.436. The Labute approximate surface area is 218 Å². The number of fused-ring (bicyclic) bond motifs is 1. The first kappa shape index (κ1) is 28.2. The predicted octanol–water partition coefficient (Wildman–Crippen LogP) is 2.42. The number of nitrogens with one attached hydrogen (secondary N) is 1. The normalized spacial score (nSPS) is 21.6. The number of ether oxygens (including phenoxy) is 2. The van der Waals surface area contributed by atoms with E-state index in [-0.39, 0.29) is 25.5 Å². The Bertz CT molecular complexity index is 1170. The number of hydrogen-bond acceptors (Lipinski definition) is 7. The number of hydrogen-bond donors (Lipinski definition) is 5. The summed E-state index contributed by atoms with van der Waals surface area (Å²) in [5.41, 5.74) is 2.55. The lowest BCUT2D eigenvalue weighted by molar-refractivity contribution is -0.237. The molecule has 0 bridgehead atoms. The van der Waals surface area contributed by atoms with Gasteiger partial charge in [0, 0.05) is 37.1 Å². The van der Waals surface area contributed by atoms with Crippen molar-refractivity contribution < 1.29 is 34.7 Å². The summed E-state index contributed by atoms with van der Waals surface area (Å²) in [5, 5.41) is 40.5. The minimum atomic E-state index is -1.18. The Morgan fingerprint density at radius 2 is 1.89 bits per heavy atom. The topological polar surface area (TPSA) is 133 Å². The third kappa shape index (κ3) is 6.49. The van der Waals surface area contributed by atoms with Gasteiger partial charge in [-0.05, 0) is 35.9 Å². The van der Waals surface area contributed by atoms with Crippen LogP contribution in [0, 0.1) is 5.92 Å². The molecule has 0 spiro atoms. The van der Waals surface area contributed by atoms with Crippen molar-refractivity contribution in [1.29, 1.82) is 0 Å². The van der Waals surface area contributed by atoms with Gasteiger partial charge in [-0.3, -0.25) is 4.79 Å². The lowest BCUT2D eigenvalue weighted by Crippen LogP contribution is -2.46. The summed E-state index contributed by atoms with van der Waals surface area (Å²) in [6, 6.07) is 11.2. The Hall–Kier alpha value is -2.37. The maximum atomic E-state index is 12.2. The Morgan fingerprint density at radius 3 is 2.47 bits per heavy atom. The minimum Gasteiger partial charge on any atom is -0.497 e. The van der Waals surface area contributed by atoms with Crippen LogP contribution in [0.5, 0.6) is 5.75 Å². The highest BCUT2D eigenvalue weighted by atomic mass is 35.5. The third-order valence-electron chi connectivity index (χ3n) is 6.01. The van der Waals surface area contributed by atoms with E-state index in [2.05, 4.69) is 5.32 Å². The van der Waals surface area contributed by atoms with Crippen LogP contribution in [0.15, 0.2) is 42.6 Å². The van der Waals surface area contributed by atoms with Gasteiger partial charge in [0.1, 0.15) is 5.75 Å². The highest BCUT2D eigenvalue weighted by Gasteiger charge is 2.35. The van der Waals surface area contributed by atoms with Crippen LogP contribution in [0.4, 0.5) is 0 Å². The SMILES string of the molecule is CNC(=O)c1cn(Cc2ccc(Cl)c(Cl)c2)c2ccc(OC)cc12.OCC1CC(O)C(CO)C(O)O1. The smallest absolute Gasteiger partial charge is 0.253 e. The van der Waals surface area contributed by atoms with E-state index >= 15 is 0 Å². The molecule has 1 fully saturated rings. The molecule has 2 aromatic carbocycles. The molecule has 36 heavy (non-hydrogen) atoms. The number of carbonyl (C=O) groups is 1. The second-order valence-electron chi connectivity index (χ2n) is 8.36. The van der Waals surface area contributed by atoms with Gasteiger partial charge in [-0.25, -0.2) is 0 Å². The van der Waals surface area contributed by atoms with Crippen LogP contribution < -0.4 is 10.1 Å². The zero-order valence-electron chi connectivity index (χ0n) is 19.9. The van der Waals surface area contributed by atoms with E-state index in [1.807, 2.05) is 41.1 Å². The number of rotatable bonds is 6. The maximum Gasteiger partial charge on any atom is 0.253 e. The van der Waals surface area contributed by atoms with Crippen molar-refractivity contribution in [2.75, 3.05) is 27.4 Å². The highest BCUT2D eigenvalue weighted by Crippen LogP contribution is 2.28. The molecule has 0 radical (unpaired) electrons. The molecule has 1 aromatic heterocycles. The van der Waals surface area contributed by atoms with Crippen molar-refractivity contribution in [1.82, 2.24) is 9.88 Å². The predicted molar refractivity (Wildman–Crippen MR) is 137 cm³/mol. The molecule has 1 aliphatic heterocycles. The summed E-state index contributed by atoms with van der Waals surface area (Å²) in [7, 11) is 3.22. The monoisotopic (exact) mass is 540 g/mol. The first-order valence-corrected chi connectivity index (χ1v) is 12.0. The molecule has 4 rings (SSSR count). The molecule has 1 aliphatic rings. The third-order valence-corrected chi connectivity index (χ3v) is 6.75. The molecule has 11 heteroatoms. The van der Waals surface area contributed by atoms with E-state index in [1.54, 1.807) is 20.2 Å². The van der Waals surface area contributed by atoms with Gasteiger partial charge >= 0.3 is 0 Å². The molecule has 5 N–H and O–H groups in total. The van der Waals surface area contributed by atoms with Crippen molar-refractivity contribution >= 4 is 40.0 Å². The van der Waals surface area contributed by atoms with E-state index in [0.29, 0.717) is 27.9 Å². The van der Waals surface area contributed by atoms with E-state index in [4.69, 9.17) is 42.9 Å². The number of benzene rings is 2. The fourth-order valence-electron chi connectivity index (χ4n) is 4.00. The Balaban J connectivity index is 0.000000253. The highest BCUT2D eigenvalue weighted by molar-refractivity contribution is 6.42. The second kappa shape index (κ2) is 12.7. The van der Waals surface area contributed by atoms with Crippen LogP contribution in [-0.4, -0.2) is 76.8 Å². The number of methoxy groups -OCH3 is 1. The van der Waals surface area contributed by atoms with Crippen LogP contribution in [0.25, 0.3) is 10.9 Å². The van der Waals surface area contributed by atoms with Crippen LogP contribution in [0.3, 0.4) is 0 Å². The molecular formula is C25H30Cl2N2O7. The molecule has 196 valence electrons. The van der Waals surface area contributed by atoms with Gasteiger partial charge in [0.2, 0.25) is 0 Å². The van der Waals surface area contributed by atoms with Gasteiger partial charge in [0.05, 0.1) is 54.1 Å². The lowest BCUT2D eigenvalue weighted by Gasteiger charge is -2.35. The molecule has 0 aliphatic carbocycles. The molecule has 1 saturated heterocycles. The van der Waals surface area contributed by atoms with Crippen LogP contribution in [-0.2, 0) is 11.3 Å². The quantitative estimate of drug-likeness (QED) is 0.324. The molecule has 4 atom stereocenters. The molecule has 3 aromatic rings. The Morgan fingerprint density at radius 1 is 1.14 bits per heavy atom. The van der Waals surface area contributed by atoms with Crippen molar-refractivity contribution in [2.45, 2.75) is 31.5 Å². The Kier molecular flexibility index (Phi) is 9.98. The number of carbonyl (C=O) groups excluding carboxylic acids is 1. The van der Waals surface area contributed by atoms with Crippen LogP contribution in [0.1, 0.15) is 22.3 Å². The van der Waals surface area contributed by atoms with E-state index in [9.17, 15) is 15.0 Å². The minimum absolute atomic E-state index is 0.138. The van der Waals surface area contributed by atoms with Crippen LogP contribution in [0.2, 0.25) is 10.0 Å². The molecule has 2 heterocycles. The average Bonchev–Trinajstić information content (AvgIpc) is 3.23. The van der Waals surface area contributed by atoms with Gasteiger partial charge in [-0.15, -0.1) is 0 Å². The fraction of sp³-hybridized carbons (Fsp3) is 0.400. The number of halogens is 2. The van der Waals surface area contributed by atoms with Crippen LogP contribution >= 0.6 is 23.2 Å². The van der Waals surface area contributed by atoms with Gasteiger partial charge < -0.3 is 39.8 Å². The summed E-state index contributed by atoms with van der Waals surface area (Å²) in [6.45, 7) is 0.0312. The average molecular weight is 541 g/mol. The standard InChI is InChI=1S/C18H16Cl2N2O2.C7H14O5/c1-21-18(23)14-10-22(9-11-3-5-15(19)16(20)7-11)17-6-4-12(24-2)8-13(14)17;8-2-4-1-6(10)5(3-9)7(11)12-4/h3-8,10H,9H2,1-2H3,(H,21,23);4-11H,1-3H2. The number of amides is 1. The zero-order chi connectivity index (χ0) is 26.4. The first-order chi connectivity index (χ1) is 17.2. The summed E-state index contributed by atoms with van der Waals surface area (Å²) in [5.74, 6) is -0.0890. The van der Waals surface area contributed by atoms with E-state index in [0.717, 1.165) is 16.5 Å².